The van der Waals surface area contributed by atoms with E-state index in [0.29, 0.717) is 6.54 Å². The fraction of sp³-hybridized carbons (Fsp3) is 0.400. The van der Waals surface area contributed by atoms with Gasteiger partial charge in [-0.25, -0.2) is 4.39 Å². The van der Waals surface area contributed by atoms with Crippen molar-refractivity contribution in [2.45, 2.75) is 52.2 Å². The van der Waals surface area contributed by atoms with Gasteiger partial charge in [-0.1, -0.05) is 48.5 Å². The molecule has 2 rings (SSSR count). The Labute approximate surface area is 155 Å². The van der Waals surface area contributed by atoms with Gasteiger partial charge < -0.3 is 9.05 Å². The van der Waals surface area contributed by atoms with Crippen molar-refractivity contribution in [1.29, 1.82) is 0 Å². The van der Waals surface area contributed by atoms with Crippen LogP contribution in [0.3, 0.4) is 0 Å². The molecule has 1 atom stereocenters. The zero-order valence-electron chi connectivity index (χ0n) is 15.7. The molecule has 0 bridgehead atoms. The first-order valence-electron chi connectivity index (χ1n) is 8.80. The van der Waals surface area contributed by atoms with Gasteiger partial charge in [0, 0.05) is 12.1 Å². The van der Waals surface area contributed by atoms with Crippen molar-refractivity contribution in [3.63, 3.8) is 0 Å². The van der Waals surface area contributed by atoms with Crippen molar-refractivity contribution < 1.29 is 18.0 Å². The number of hydrogen-bond donors (Lipinski definition) is 1. The van der Waals surface area contributed by atoms with E-state index in [2.05, 4.69) is 5.32 Å². The average Bonchev–Trinajstić information content (AvgIpc) is 2.56. The lowest BCUT2D eigenvalue weighted by atomic mass is 10.2. The van der Waals surface area contributed by atoms with E-state index in [0.717, 1.165) is 5.56 Å². The molecule has 26 heavy (non-hydrogen) atoms. The predicted octanol–water partition coefficient (Wildman–Crippen LogP) is 5.66. The summed E-state index contributed by atoms with van der Waals surface area (Å²) in [4.78, 5) is 0. The quantitative estimate of drug-likeness (QED) is 0.571. The zero-order valence-corrected chi connectivity index (χ0v) is 16.6. The molecule has 0 fully saturated rings. The molecule has 2 aromatic rings. The Morgan fingerprint density at radius 2 is 1.46 bits per heavy atom. The Kier molecular flexibility index (Phi) is 7.54. The van der Waals surface area contributed by atoms with Crippen LogP contribution in [0.15, 0.2) is 54.6 Å². The van der Waals surface area contributed by atoms with Crippen LogP contribution >= 0.6 is 7.60 Å². The predicted molar refractivity (Wildman–Crippen MR) is 102 cm³/mol. The molecule has 0 radical (unpaired) electrons. The van der Waals surface area contributed by atoms with E-state index < -0.39 is 19.2 Å². The van der Waals surface area contributed by atoms with Crippen molar-refractivity contribution in [2.75, 3.05) is 0 Å². The third-order valence-corrected chi connectivity index (χ3v) is 6.10. The van der Waals surface area contributed by atoms with Crippen molar-refractivity contribution >= 4 is 7.60 Å². The summed E-state index contributed by atoms with van der Waals surface area (Å²) in [7, 11) is -3.68. The first-order valence-corrected chi connectivity index (χ1v) is 10.4. The smallest absolute Gasteiger partial charge is 0.304 e. The monoisotopic (exact) mass is 379 g/mol. The fourth-order valence-corrected chi connectivity index (χ4v) is 4.97. The summed E-state index contributed by atoms with van der Waals surface area (Å²) in [6.45, 7) is 7.54. The standard InChI is InChI=1S/C20H27FNO3P/c1-15(2)24-26(23,25-16(3)4)20(18-12-8-9-13-19(18)21)22-14-17-10-6-5-7-11-17/h5-13,15-16,20,22H,14H2,1-4H3/t20-/m1/s1. The van der Waals surface area contributed by atoms with Crippen LogP contribution in [-0.4, -0.2) is 12.2 Å². The summed E-state index contributed by atoms with van der Waals surface area (Å²) in [5.41, 5.74) is 1.27. The molecule has 0 aliphatic rings. The molecular formula is C20H27FNO3P. The molecule has 2 aromatic carbocycles. The third-order valence-electron chi connectivity index (χ3n) is 3.57. The molecule has 4 nitrogen and oxygen atoms in total. The number of hydrogen-bond acceptors (Lipinski definition) is 4. The van der Waals surface area contributed by atoms with Gasteiger partial charge in [-0.3, -0.25) is 9.88 Å². The Balaban J connectivity index is 2.40. The molecule has 0 saturated carbocycles. The van der Waals surface area contributed by atoms with E-state index in [1.54, 1.807) is 45.9 Å². The highest BCUT2D eigenvalue weighted by Gasteiger charge is 2.40. The topological polar surface area (TPSA) is 47.6 Å². The van der Waals surface area contributed by atoms with Gasteiger partial charge in [0.2, 0.25) is 0 Å². The second kappa shape index (κ2) is 9.43. The first kappa shape index (κ1) is 20.8. The molecule has 0 unspecified atom stereocenters. The molecule has 0 amide bonds. The van der Waals surface area contributed by atoms with Crippen LogP contribution in [0.1, 0.15) is 44.6 Å². The molecule has 0 spiro atoms. The second-order valence-electron chi connectivity index (χ2n) is 6.64. The summed E-state index contributed by atoms with van der Waals surface area (Å²) >= 11 is 0. The lowest BCUT2D eigenvalue weighted by Gasteiger charge is -2.31. The maximum atomic E-state index is 14.5. The number of rotatable bonds is 9. The van der Waals surface area contributed by atoms with Gasteiger partial charge in [0.05, 0.1) is 12.2 Å². The zero-order chi connectivity index (χ0) is 19.2. The Hall–Kier alpha value is -1.52. The van der Waals surface area contributed by atoms with E-state index in [9.17, 15) is 8.96 Å². The van der Waals surface area contributed by atoms with Crippen LogP contribution in [0.4, 0.5) is 4.39 Å². The minimum Gasteiger partial charge on any atom is -0.304 e. The molecule has 1 N–H and O–H groups in total. The van der Waals surface area contributed by atoms with Crippen molar-refractivity contribution in [1.82, 2.24) is 5.32 Å². The van der Waals surface area contributed by atoms with Crippen LogP contribution in [0, 0.1) is 5.82 Å². The third kappa shape index (κ3) is 5.75. The van der Waals surface area contributed by atoms with Crippen molar-refractivity contribution in [3.8, 4) is 0 Å². The summed E-state index contributed by atoms with van der Waals surface area (Å²) in [6, 6.07) is 15.9. The molecular weight excluding hydrogens is 352 g/mol. The molecule has 6 heteroatoms. The molecule has 0 heterocycles. The van der Waals surface area contributed by atoms with Gasteiger partial charge in [0.25, 0.3) is 0 Å². The van der Waals surface area contributed by atoms with Crippen LogP contribution < -0.4 is 5.32 Å². The van der Waals surface area contributed by atoms with Gasteiger partial charge in [0.15, 0.2) is 0 Å². The van der Waals surface area contributed by atoms with E-state index in [1.165, 1.54) is 6.07 Å². The maximum absolute atomic E-state index is 14.5. The van der Waals surface area contributed by atoms with Crippen LogP contribution in [0.2, 0.25) is 0 Å². The second-order valence-corrected chi connectivity index (χ2v) is 8.66. The minimum atomic E-state index is -3.68. The van der Waals surface area contributed by atoms with Crippen LogP contribution in [0.25, 0.3) is 0 Å². The maximum Gasteiger partial charge on any atom is 0.352 e. The highest BCUT2D eigenvalue weighted by Crippen LogP contribution is 2.61. The largest absolute Gasteiger partial charge is 0.352 e. The van der Waals surface area contributed by atoms with Gasteiger partial charge in [-0.2, -0.15) is 0 Å². The van der Waals surface area contributed by atoms with E-state index in [-0.39, 0.29) is 17.8 Å². The first-order chi connectivity index (χ1) is 12.3. The van der Waals surface area contributed by atoms with E-state index in [1.807, 2.05) is 30.3 Å². The Morgan fingerprint density at radius 3 is 2.00 bits per heavy atom. The van der Waals surface area contributed by atoms with Crippen molar-refractivity contribution in [2.24, 2.45) is 0 Å². The van der Waals surface area contributed by atoms with Crippen LogP contribution in [-0.2, 0) is 20.2 Å². The van der Waals surface area contributed by atoms with Gasteiger partial charge >= 0.3 is 7.60 Å². The van der Waals surface area contributed by atoms with Crippen molar-refractivity contribution in [3.05, 3.63) is 71.5 Å². The number of halogens is 1. The molecule has 142 valence electrons. The lowest BCUT2D eigenvalue weighted by molar-refractivity contribution is 0.133. The molecule has 0 aliphatic heterocycles. The van der Waals surface area contributed by atoms with E-state index in [4.69, 9.17) is 9.05 Å². The number of nitrogens with one attached hydrogen (secondary N) is 1. The fourth-order valence-electron chi connectivity index (χ4n) is 2.63. The van der Waals surface area contributed by atoms with Gasteiger partial charge in [-0.05, 0) is 39.3 Å². The van der Waals surface area contributed by atoms with E-state index >= 15 is 0 Å². The number of benzene rings is 2. The summed E-state index contributed by atoms with van der Waals surface area (Å²) < 4.78 is 39.6. The lowest BCUT2D eigenvalue weighted by Crippen LogP contribution is -2.26. The highest BCUT2D eigenvalue weighted by atomic mass is 31.2. The molecule has 0 aliphatic carbocycles. The highest BCUT2D eigenvalue weighted by molar-refractivity contribution is 7.54. The molecule has 0 saturated heterocycles. The Morgan fingerprint density at radius 1 is 0.923 bits per heavy atom. The normalized spacial score (nSPS) is 13.3. The summed E-state index contributed by atoms with van der Waals surface area (Å²) in [6.07, 6.45) is -0.653. The van der Waals surface area contributed by atoms with Crippen LogP contribution in [0.5, 0.6) is 0 Å². The average molecular weight is 379 g/mol. The summed E-state index contributed by atoms with van der Waals surface area (Å²) in [5.74, 6) is -1.35. The minimum absolute atomic E-state index is 0.271. The summed E-state index contributed by atoms with van der Waals surface area (Å²) in [5, 5.41) is 3.19. The molecule has 0 aromatic heterocycles. The van der Waals surface area contributed by atoms with Gasteiger partial charge in [-0.15, -0.1) is 0 Å². The Bertz CT molecular complexity index is 723. The SMILES string of the molecule is CC(C)OP(=O)(OC(C)C)[C@@H](NCc1ccccc1)c1ccccc1F. The van der Waals surface area contributed by atoms with Gasteiger partial charge in [0.1, 0.15) is 11.6 Å².